The van der Waals surface area contributed by atoms with Crippen LogP contribution < -0.4 is 10.5 Å². The van der Waals surface area contributed by atoms with Crippen molar-refractivity contribution < 1.29 is 13.2 Å². The van der Waals surface area contributed by atoms with Crippen LogP contribution in [0.3, 0.4) is 0 Å². The van der Waals surface area contributed by atoms with Gasteiger partial charge in [0.1, 0.15) is 10.1 Å². The lowest BCUT2D eigenvalue weighted by atomic mass is 10.1. The summed E-state index contributed by atoms with van der Waals surface area (Å²) < 4.78 is 29.1. The van der Waals surface area contributed by atoms with Gasteiger partial charge in [-0.1, -0.05) is 36.1 Å². The third-order valence-electron chi connectivity index (χ3n) is 2.63. The van der Waals surface area contributed by atoms with Crippen molar-refractivity contribution in [1.29, 1.82) is 0 Å². The molecule has 1 rings (SSSR count). The molecule has 0 aliphatic rings. The molecular formula is C12H17NO3S3. The maximum atomic E-state index is 11.9. The lowest BCUT2D eigenvalue weighted by Gasteiger charge is -2.15. The van der Waals surface area contributed by atoms with Crippen LogP contribution in [-0.2, 0) is 9.84 Å². The maximum Gasteiger partial charge on any atom is 0.154 e. The fourth-order valence-corrected chi connectivity index (χ4v) is 3.86. The van der Waals surface area contributed by atoms with Gasteiger partial charge in [-0.3, -0.25) is 0 Å². The number of rotatable bonds is 6. The number of sulfone groups is 1. The van der Waals surface area contributed by atoms with Gasteiger partial charge in [0.05, 0.1) is 12.4 Å². The molecule has 0 amide bonds. The summed E-state index contributed by atoms with van der Waals surface area (Å²) in [5.41, 5.74) is 6.15. The summed E-state index contributed by atoms with van der Waals surface area (Å²) >= 11 is 6.06. The summed E-state index contributed by atoms with van der Waals surface area (Å²) in [7, 11) is -1.60. The van der Waals surface area contributed by atoms with Crippen molar-refractivity contribution >= 4 is 38.1 Å². The number of benzene rings is 1. The zero-order valence-electron chi connectivity index (χ0n) is 10.8. The molecule has 0 aliphatic heterocycles. The molecule has 19 heavy (non-hydrogen) atoms. The Hall–Kier alpha value is -0.790. The predicted molar refractivity (Wildman–Crippen MR) is 84.4 cm³/mol. The number of hydrogen-bond acceptors (Lipinski definition) is 5. The van der Waals surface area contributed by atoms with Gasteiger partial charge in [-0.05, 0) is 24.1 Å². The molecule has 1 aromatic carbocycles. The lowest BCUT2D eigenvalue weighted by molar-refractivity contribution is 0.414. The minimum Gasteiger partial charge on any atom is -0.497 e. The Kier molecular flexibility index (Phi) is 6.09. The minimum atomic E-state index is -3.17. The number of methoxy groups -OCH3 is 1. The second kappa shape index (κ2) is 7.12. The van der Waals surface area contributed by atoms with Gasteiger partial charge >= 0.3 is 0 Å². The third kappa shape index (κ3) is 5.38. The van der Waals surface area contributed by atoms with Crippen LogP contribution in [0.4, 0.5) is 0 Å². The zero-order valence-corrected chi connectivity index (χ0v) is 13.3. The van der Waals surface area contributed by atoms with E-state index >= 15 is 0 Å². The Morgan fingerprint density at radius 3 is 2.42 bits per heavy atom. The van der Waals surface area contributed by atoms with E-state index < -0.39 is 15.1 Å². The van der Waals surface area contributed by atoms with Crippen LogP contribution in [0.15, 0.2) is 24.3 Å². The zero-order chi connectivity index (χ0) is 14.5. The summed E-state index contributed by atoms with van der Waals surface area (Å²) in [5, 5.41) is -0.541. The largest absolute Gasteiger partial charge is 0.497 e. The van der Waals surface area contributed by atoms with Gasteiger partial charge in [0.25, 0.3) is 0 Å². The molecular weight excluding hydrogens is 302 g/mol. The molecule has 2 N–H and O–H groups in total. The molecule has 0 fully saturated rings. The van der Waals surface area contributed by atoms with Crippen LogP contribution >= 0.6 is 24.0 Å². The highest BCUT2D eigenvalue weighted by molar-refractivity contribution is 8.22. The quantitative estimate of drug-likeness (QED) is 0.810. The van der Waals surface area contributed by atoms with Gasteiger partial charge in [-0.2, -0.15) is 0 Å². The van der Waals surface area contributed by atoms with E-state index in [9.17, 15) is 8.42 Å². The van der Waals surface area contributed by atoms with Crippen molar-refractivity contribution in [2.75, 3.05) is 19.1 Å². The van der Waals surface area contributed by atoms with E-state index in [1.54, 1.807) is 31.4 Å². The number of thioether (sulfide) groups is 1. The SMILES string of the molecule is COc1ccc(C(CCSC(N)=S)S(C)(=O)=O)cc1. The van der Waals surface area contributed by atoms with Crippen LogP contribution in [0.25, 0.3) is 0 Å². The average molecular weight is 319 g/mol. The first kappa shape index (κ1) is 16.3. The van der Waals surface area contributed by atoms with Crippen LogP contribution in [0.2, 0.25) is 0 Å². The second-order valence-electron chi connectivity index (χ2n) is 4.05. The van der Waals surface area contributed by atoms with Crippen LogP contribution in [-0.4, -0.2) is 31.9 Å². The van der Waals surface area contributed by atoms with Gasteiger partial charge in [-0.25, -0.2) is 8.42 Å². The van der Waals surface area contributed by atoms with Crippen LogP contribution in [0, 0.1) is 0 Å². The maximum absolute atomic E-state index is 11.9. The monoisotopic (exact) mass is 319 g/mol. The van der Waals surface area contributed by atoms with E-state index in [0.717, 1.165) is 5.56 Å². The Bertz CT molecular complexity index is 526. The highest BCUT2D eigenvalue weighted by Crippen LogP contribution is 2.28. The van der Waals surface area contributed by atoms with Crippen molar-refractivity contribution in [3.05, 3.63) is 29.8 Å². The van der Waals surface area contributed by atoms with Gasteiger partial charge < -0.3 is 10.5 Å². The van der Waals surface area contributed by atoms with Gasteiger partial charge in [0, 0.05) is 12.0 Å². The normalized spacial score (nSPS) is 12.9. The fraction of sp³-hybridized carbons (Fsp3) is 0.417. The van der Waals surface area contributed by atoms with E-state index in [4.69, 9.17) is 22.7 Å². The van der Waals surface area contributed by atoms with Crippen molar-refractivity contribution in [3.8, 4) is 5.75 Å². The number of nitrogens with two attached hydrogens (primary N) is 1. The first-order chi connectivity index (χ1) is 8.84. The average Bonchev–Trinajstić information content (AvgIpc) is 2.33. The Morgan fingerprint density at radius 2 is 2.00 bits per heavy atom. The molecule has 7 heteroatoms. The van der Waals surface area contributed by atoms with Gasteiger partial charge in [-0.15, -0.1) is 0 Å². The molecule has 0 aromatic heterocycles. The molecule has 0 spiro atoms. The molecule has 1 aromatic rings. The van der Waals surface area contributed by atoms with Crippen molar-refractivity contribution in [1.82, 2.24) is 0 Å². The van der Waals surface area contributed by atoms with E-state index in [1.807, 2.05) is 0 Å². The van der Waals surface area contributed by atoms with E-state index in [0.29, 0.717) is 22.2 Å². The predicted octanol–water partition coefficient (Wildman–Crippen LogP) is 2.15. The third-order valence-corrected chi connectivity index (χ3v) is 5.25. The molecule has 1 atom stereocenters. The molecule has 0 bridgehead atoms. The highest BCUT2D eigenvalue weighted by Gasteiger charge is 2.22. The number of hydrogen-bond donors (Lipinski definition) is 1. The Balaban J connectivity index is 2.87. The first-order valence-electron chi connectivity index (χ1n) is 5.59. The molecule has 1 unspecified atom stereocenters. The number of ether oxygens (including phenoxy) is 1. The molecule has 106 valence electrons. The van der Waals surface area contributed by atoms with E-state index in [-0.39, 0.29) is 0 Å². The second-order valence-corrected chi connectivity index (χ2v) is 8.11. The summed E-state index contributed by atoms with van der Waals surface area (Å²) in [6.07, 6.45) is 1.72. The molecule has 0 radical (unpaired) electrons. The first-order valence-corrected chi connectivity index (χ1v) is 8.94. The summed E-state index contributed by atoms with van der Waals surface area (Å²) in [5.74, 6) is 1.28. The van der Waals surface area contributed by atoms with Crippen molar-refractivity contribution in [3.63, 3.8) is 0 Å². The molecule has 0 aliphatic carbocycles. The van der Waals surface area contributed by atoms with E-state index in [2.05, 4.69) is 0 Å². The molecule has 4 nitrogen and oxygen atoms in total. The van der Waals surface area contributed by atoms with Gasteiger partial charge in [0.2, 0.25) is 0 Å². The Labute approximate surface area is 123 Å². The highest BCUT2D eigenvalue weighted by atomic mass is 32.2. The van der Waals surface area contributed by atoms with Crippen molar-refractivity contribution in [2.24, 2.45) is 5.73 Å². The number of thiocarbonyl (C=S) groups is 1. The summed E-state index contributed by atoms with van der Waals surface area (Å²) in [6.45, 7) is 0. The van der Waals surface area contributed by atoms with Gasteiger partial charge in [0.15, 0.2) is 9.84 Å². The topological polar surface area (TPSA) is 69.4 Å². The van der Waals surface area contributed by atoms with Crippen LogP contribution in [0.1, 0.15) is 17.2 Å². The standard InChI is InChI=1S/C12H17NO3S3/c1-16-10-5-3-9(4-6-10)11(19(2,14)15)7-8-18-12(13)17/h3-6,11H,7-8H2,1-2H3,(H2,13,17). The summed E-state index contributed by atoms with van der Waals surface area (Å²) in [6, 6.07) is 7.06. The van der Waals surface area contributed by atoms with E-state index in [1.165, 1.54) is 18.0 Å². The smallest absolute Gasteiger partial charge is 0.154 e. The fourth-order valence-electron chi connectivity index (χ4n) is 1.71. The Morgan fingerprint density at radius 1 is 1.42 bits per heavy atom. The van der Waals surface area contributed by atoms with Crippen molar-refractivity contribution in [2.45, 2.75) is 11.7 Å². The lowest BCUT2D eigenvalue weighted by Crippen LogP contribution is -2.13. The minimum absolute atomic E-state index is 0.335. The summed E-state index contributed by atoms with van der Waals surface area (Å²) in [4.78, 5) is 0. The molecule has 0 heterocycles. The van der Waals surface area contributed by atoms with Crippen LogP contribution in [0.5, 0.6) is 5.75 Å². The molecule has 0 saturated heterocycles. The molecule has 0 saturated carbocycles.